The molecule has 1 aromatic rings. The molecule has 2 rings (SSSR count). The van der Waals surface area contributed by atoms with E-state index < -0.39 is 6.10 Å². The maximum absolute atomic E-state index is 11.6. The average molecular weight is 220 g/mol. The molecule has 0 saturated carbocycles. The molecule has 2 amide bonds. The number of nitrogens with one attached hydrogen (secondary N) is 1. The first-order valence-corrected chi connectivity index (χ1v) is 5.33. The van der Waals surface area contributed by atoms with Gasteiger partial charge in [-0.1, -0.05) is 24.3 Å². The van der Waals surface area contributed by atoms with E-state index in [1.54, 1.807) is 14.1 Å². The van der Waals surface area contributed by atoms with Crippen LogP contribution in [-0.4, -0.2) is 36.2 Å². The van der Waals surface area contributed by atoms with Gasteiger partial charge in [-0.25, -0.2) is 4.79 Å². The summed E-state index contributed by atoms with van der Waals surface area (Å²) in [6, 6.07) is 7.34. The van der Waals surface area contributed by atoms with E-state index in [9.17, 15) is 9.90 Å². The molecule has 0 aliphatic heterocycles. The second kappa shape index (κ2) is 4.14. The number of rotatable bonds is 1. The number of amides is 2. The van der Waals surface area contributed by atoms with Gasteiger partial charge in [-0.2, -0.15) is 0 Å². The van der Waals surface area contributed by atoms with Crippen LogP contribution in [0.5, 0.6) is 0 Å². The molecular formula is C12H16N2O2. The van der Waals surface area contributed by atoms with Crippen LogP contribution in [0.4, 0.5) is 4.79 Å². The van der Waals surface area contributed by atoms with Crippen LogP contribution in [-0.2, 0) is 6.42 Å². The molecule has 0 spiro atoms. The van der Waals surface area contributed by atoms with E-state index in [1.807, 2.05) is 24.3 Å². The number of nitrogens with zero attached hydrogens (tertiary/aromatic N) is 1. The highest BCUT2D eigenvalue weighted by molar-refractivity contribution is 5.74. The Morgan fingerprint density at radius 1 is 1.44 bits per heavy atom. The van der Waals surface area contributed by atoms with Gasteiger partial charge in [0.25, 0.3) is 0 Å². The molecule has 0 saturated heterocycles. The van der Waals surface area contributed by atoms with Crippen LogP contribution >= 0.6 is 0 Å². The van der Waals surface area contributed by atoms with E-state index in [4.69, 9.17) is 0 Å². The number of carbonyl (C=O) groups excluding carboxylic acids is 1. The number of aliphatic hydroxyl groups excluding tert-OH is 1. The molecule has 4 heteroatoms. The standard InChI is InChI=1S/C12H16N2O2/c1-14(2)12(16)13-11-9-6-4-3-5-8(9)7-10(11)15/h3-6,10-11,15H,7H2,1-2H3,(H,13,16). The van der Waals surface area contributed by atoms with Gasteiger partial charge < -0.3 is 15.3 Å². The van der Waals surface area contributed by atoms with Gasteiger partial charge in [0.15, 0.2) is 0 Å². The van der Waals surface area contributed by atoms with E-state index in [0.717, 1.165) is 11.1 Å². The molecule has 0 heterocycles. The molecule has 0 fully saturated rings. The van der Waals surface area contributed by atoms with Crippen molar-refractivity contribution in [2.45, 2.75) is 18.6 Å². The monoisotopic (exact) mass is 220 g/mol. The summed E-state index contributed by atoms with van der Waals surface area (Å²) in [5, 5.41) is 12.7. The minimum Gasteiger partial charge on any atom is -0.390 e. The van der Waals surface area contributed by atoms with E-state index in [0.29, 0.717) is 6.42 Å². The number of hydrogen-bond donors (Lipinski definition) is 2. The summed E-state index contributed by atoms with van der Waals surface area (Å²) >= 11 is 0. The van der Waals surface area contributed by atoms with E-state index >= 15 is 0 Å². The Hall–Kier alpha value is -1.55. The van der Waals surface area contributed by atoms with Crippen molar-refractivity contribution in [1.29, 1.82) is 0 Å². The first kappa shape index (κ1) is 11.0. The molecule has 2 unspecified atom stereocenters. The Kier molecular flexibility index (Phi) is 2.83. The van der Waals surface area contributed by atoms with Crippen molar-refractivity contribution < 1.29 is 9.90 Å². The summed E-state index contributed by atoms with van der Waals surface area (Å²) in [5.74, 6) is 0. The Balaban J connectivity index is 2.19. The smallest absolute Gasteiger partial charge is 0.317 e. The number of aliphatic hydroxyl groups is 1. The van der Waals surface area contributed by atoms with Crippen molar-refractivity contribution in [3.8, 4) is 0 Å². The molecule has 0 aromatic heterocycles. The van der Waals surface area contributed by atoms with Gasteiger partial charge in [-0.15, -0.1) is 0 Å². The third-order valence-electron chi connectivity index (χ3n) is 2.89. The van der Waals surface area contributed by atoms with E-state index in [2.05, 4.69) is 5.32 Å². The number of hydrogen-bond acceptors (Lipinski definition) is 2. The fraction of sp³-hybridized carbons (Fsp3) is 0.417. The number of fused-ring (bicyclic) bond motifs is 1. The van der Waals surface area contributed by atoms with Crippen molar-refractivity contribution >= 4 is 6.03 Å². The molecular weight excluding hydrogens is 204 g/mol. The summed E-state index contributed by atoms with van der Waals surface area (Å²) in [4.78, 5) is 13.0. The largest absolute Gasteiger partial charge is 0.390 e. The van der Waals surface area contributed by atoms with Crippen molar-refractivity contribution in [3.63, 3.8) is 0 Å². The van der Waals surface area contributed by atoms with Crippen molar-refractivity contribution in [3.05, 3.63) is 35.4 Å². The molecule has 2 atom stereocenters. The van der Waals surface area contributed by atoms with E-state index in [1.165, 1.54) is 4.90 Å². The minimum absolute atomic E-state index is 0.180. The lowest BCUT2D eigenvalue weighted by molar-refractivity contribution is 0.138. The molecule has 86 valence electrons. The van der Waals surface area contributed by atoms with Gasteiger partial charge in [0.05, 0.1) is 12.1 Å². The first-order chi connectivity index (χ1) is 7.59. The fourth-order valence-corrected chi connectivity index (χ4v) is 2.01. The average Bonchev–Trinajstić information content (AvgIpc) is 2.55. The lowest BCUT2D eigenvalue weighted by Crippen LogP contribution is -2.40. The molecule has 1 aliphatic rings. The predicted octanol–water partition coefficient (Wildman–Crippen LogP) is 0.916. The zero-order valence-electron chi connectivity index (χ0n) is 9.47. The van der Waals surface area contributed by atoms with Gasteiger partial charge in [0.2, 0.25) is 0 Å². The first-order valence-electron chi connectivity index (χ1n) is 5.33. The van der Waals surface area contributed by atoms with Crippen LogP contribution in [0.15, 0.2) is 24.3 Å². The van der Waals surface area contributed by atoms with Gasteiger partial charge in [-0.3, -0.25) is 0 Å². The predicted molar refractivity (Wildman–Crippen MR) is 61.1 cm³/mol. The van der Waals surface area contributed by atoms with Crippen LogP contribution in [0.2, 0.25) is 0 Å². The normalized spacial score (nSPS) is 22.7. The topological polar surface area (TPSA) is 52.6 Å². The molecule has 0 bridgehead atoms. The van der Waals surface area contributed by atoms with Gasteiger partial charge in [0.1, 0.15) is 0 Å². The zero-order chi connectivity index (χ0) is 11.7. The number of urea groups is 1. The summed E-state index contributed by atoms with van der Waals surface area (Å²) in [5.41, 5.74) is 2.13. The lowest BCUT2D eigenvalue weighted by atomic mass is 10.1. The van der Waals surface area contributed by atoms with Gasteiger partial charge in [-0.05, 0) is 11.1 Å². The molecule has 4 nitrogen and oxygen atoms in total. The Bertz CT molecular complexity index is 404. The van der Waals surface area contributed by atoms with Crippen LogP contribution in [0.1, 0.15) is 17.2 Å². The summed E-state index contributed by atoms with van der Waals surface area (Å²) in [7, 11) is 3.37. The quantitative estimate of drug-likeness (QED) is 0.739. The van der Waals surface area contributed by atoms with Crippen molar-refractivity contribution in [1.82, 2.24) is 10.2 Å². The molecule has 1 aliphatic carbocycles. The van der Waals surface area contributed by atoms with Crippen LogP contribution in [0, 0.1) is 0 Å². The Labute approximate surface area is 94.9 Å². The third-order valence-corrected chi connectivity index (χ3v) is 2.89. The Morgan fingerprint density at radius 3 is 2.81 bits per heavy atom. The van der Waals surface area contributed by atoms with Gasteiger partial charge in [0, 0.05) is 20.5 Å². The van der Waals surface area contributed by atoms with Crippen molar-refractivity contribution in [2.75, 3.05) is 14.1 Å². The third kappa shape index (κ3) is 1.88. The SMILES string of the molecule is CN(C)C(=O)NC1c2ccccc2CC1O. The number of benzene rings is 1. The van der Waals surface area contributed by atoms with Gasteiger partial charge >= 0.3 is 6.03 Å². The summed E-state index contributed by atoms with van der Waals surface area (Å²) in [6.45, 7) is 0. The second-order valence-corrected chi connectivity index (χ2v) is 4.29. The maximum Gasteiger partial charge on any atom is 0.317 e. The Morgan fingerprint density at radius 2 is 2.12 bits per heavy atom. The molecule has 1 aromatic carbocycles. The second-order valence-electron chi connectivity index (χ2n) is 4.29. The molecule has 2 N–H and O–H groups in total. The maximum atomic E-state index is 11.6. The molecule has 0 radical (unpaired) electrons. The molecule has 16 heavy (non-hydrogen) atoms. The van der Waals surface area contributed by atoms with Crippen LogP contribution in [0.25, 0.3) is 0 Å². The highest BCUT2D eigenvalue weighted by Gasteiger charge is 2.31. The summed E-state index contributed by atoms with van der Waals surface area (Å²) < 4.78 is 0. The van der Waals surface area contributed by atoms with Crippen LogP contribution < -0.4 is 5.32 Å². The fourth-order valence-electron chi connectivity index (χ4n) is 2.01. The van der Waals surface area contributed by atoms with Crippen LogP contribution in [0.3, 0.4) is 0 Å². The van der Waals surface area contributed by atoms with E-state index in [-0.39, 0.29) is 12.1 Å². The van der Waals surface area contributed by atoms with Crippen molar-refractivity contribution in [2.24, 2.45) is 0 Å². The zero-order valence-corrected chi connectivity index (χ0v) is 9.47. The number of carbonyl (C=O) groups is 1. The highest BCUT2D eigenvalue weighted by Crippen LogP contribution is 2.31. The summed E-state index contributed by atoms with van der Waals surface area (Å²) in [6.07, 6.45) is 0.0791. The highest BCUT2D eigenvalue weighted by atomic mass is 16.3. The lowest BCUT2D eigenvalue weighted by Gasteiger charge is -2.20. The minimum atomic E-state index is -0.527.